The minimum absolute atomic E-state index is 0.129. The molecule has 19 heavy (non-hydrogen) atoms. The van der Waals surface area contributed by atoms with Crippen molar-refractivity contribution in [3.8, 4) is 0 Å². The van der Waals surface area contributed by atoms with E-state index in [9.17, 15) is 0 Å². The number of methoxy groups -OCH3 is 1. The molecule has 0 aliphatic rings. The van der Waals surface area contributed by atoms with Crippen LogP contribution in [0.4, 0.5) is 0 Å². The largest absolute Gasteiger partial charge is 0.462 e. The first-order chi connectivity index (χ1) is 8.93. The van der Waals surface area contributed by atoms with Crippen LogP contribution in [0.25, 0.3) is 0 Å². The highest BCUT2D eigenvalue weighted by atomic mass is 16.5. The number of ether oxygens (including phenoxy) is 2. The van der Waals surface area contributed by atoms with Crippen LogP contribution in [-0.2, 0) is 22.6 Å². The van der Waals surface area contributed by atoms with Crippen molar-refractivity contribution < 1.29 is 13.9 Å². The minimum Gasteiger partial charge on any atom is -0.462 e. The zero-order valence-electron chi connectivity index (χ0n) is 12.8. The average Bonchev–Trinajstić information content (AvgIpc) is 2.80. The molecular weight excluding hydrogens is 242 g/mol. The van der Waals surface area contributed by atoms with Crippen molar-refractivity contribution in [2.45, 2.75) is 58.9 Å². The fraction of sp³-hybridized carbons (Fsp3) is 0.733. The lowest BCUT2D eigenvalue weighted by Gasteiger charge is -2.22. The van der Waals surface area contributed by atoms with Gasteiger partial charge in [-0.25, -0.2) is 0 Å². The molecule has 0 unspecified atom stereocenters. The molecule has 1 N–H and O–H groups in total. The zero-order chi connectivity index (χ0) is 14.3. The Kier molecular flexibility index (Phi) is 6.55. The van der Waals surface area contributed by atoms with Crippen molar-refractivity contribution in [1.82, 2.24) is 5.32 Å². The van der Waals surface area contributed by atoms with Crippen LogP contribution in [0, 0.1) is 0 Å². The van der Waals surface area contributed by atoms with Gasteiger partial charge in [0.1, 0.15) is 18.1 Å². The smallest absolute Gasteiger partial charge is 0.129 e. The normalized spacial score (nSPS) is 12.3. The molecule has 0 saturated heterocycles. The fourth-order valence-corrected chi connectivity index (χ4v) is 1.49. The van der Waals surface area contributed by atoms with E-state index in [1.807, 2.05) is 12.1 Å². The molecule has 1 heterocycles. The van der Waals surface area contributed by atoms with E-state index in [4.69, 9.17) is 13.9 Å². The third-order valence-corrected chi connectivity index (χ3v) is 3.05. The highest BCUT2D eigenvalue weighted by molar-refractivity contribution is 5.06. The number of furan rings is 1. The molecule has 110 valence electrons. The Morgan fingerprint density at radius 3 is 2.58 bits per heavy atom. The topological polar surface area (TPSA) is 43.6 Å². The monoisotopic (exact) mass is 269 g/mol. The van der Waals surface area contributed by atoms with Gasteiger partial charge in [0.25, 0.3) is 0 Å². The predicted molar refractivity (Wildman–Crippen MR) is 76.0 cm³/mol. The van der Waals surface area contributed by atoms with Crippen molar-refractivity contribution in [3.05, 3.63) is 23.7 Å². The van der Waals surface area contributed by atoms with Crippen molar-refractivity contribution in [2.24, 2.45) is 0 Å². The quantitative estimate of drug-likeness (QED) is 0.700. The van der Waals surface area contributed by atoms with E-state index in [1.54, 1.807) is 7.11 Å². The first kappa shape index (κ1) is 16.2. The predicted octanol–water partition coefficient (Wildman–Crippen LogP) is 3.11. The molecule has 1 rings (SSSR count). The maximum absolute atomic E-state index is 5.67. The summed E-state index contributed by atoms with van der Waals surface area (Å²) in [7, 11) is 1.72. The van der Waals surface area contributed by atoms with E-state index in [-0.39, 0.29) is 5.60 Å². The molecule has 0 spiro atoms. The Hall–Kier alpha value is -0.840. The molecule has 0 bridgehead atoms. The lowest BCUT2D eigenvalue weighted by Crippen LogP contribution is -2.24. The molecule has 0 aromatic carbocycles. The van der Waals surface area contributed by atoms with Crippen molar-refractivity contribution in [2.75, 3.05) is 13.7 Å². The molecule has 0 fully saturated rings. The molecular formula is C15H27NO3. The summed E-state index contributed by atoms with van der Waals surface area (Å²) < 4.78 is 16.6. The van der Waals surface area contributed by atoms with Gasteiger partial charge in [-0.2, -0.15) is 0 Å². The highest BCUT2D eigenvalue weighted by Gasteiger charge is 2.15. The van der Waals surface area contributed by atoms with Gasteiger partial charge in [0.15, 0.2) is 0 Å². The van der Waals surface area contributed by atoms with E-state index in [2.05, 4.69) is 33.0 Å². The third-order valence-electron chi connectivity index (χ3n) is 3.05. The molecule has 0 amide bonds. The van der Waals surface area contributed by atoms with Gasteiger partial charge in [-0.3, -0.25) is 0 Å². The van der Waals surface area contributed by atoms with E-state index in [1.165, 1.54) is 0 Å². The first-order valence-corrected chi connectivity index (χ1v) is 6.87. The first-order valence-electron chi connectivity index (χ1n) is 6.87. The molecule has 0 saturated carbocycles. The molecule has 0 aliphatic carbocycles. The van der Waals surface area contributed by atoms with Crippen LogP contribution in [-0.4, -0.2) is 25.4 Å². The van der Waals surface area contributed by atoms with Crippen LogP contribution in [0.2, 0.25) is 0 Å². The Morgan fingerprint density at radius 2 is 1.95 bits per heavy atom. The van der Waals surface area contributed by atoms with Crippen LogP contribution < -0.4 is 5.32 Å². The van der Waals surface area contributed by atoms with Crippen molar-refractivity contribution >= 4 is 0 Å². The van der Waals surface area contributed by atoms with E-state index >= 15 is 0 Å². The molecule has 0 atom stereocenters. The average molecular weight is 269 g/mol. The molecule has 1 aromatic heterocycles. The molecule has 0 aliphatic heterocycles. The number of hydrogen-bond donors (Lipinski definition) is 1. The van der Waals surface area contributed by atoms with Crippen LogP contribution in [0.15, 0.2) is 16.5 Å². The summed E-state index contributed by atoms with van der Waals surface area (Å²) in [6, 6.07) is 4.42. The second kappa shape index (κ2) is 7.68. The van der Waals surface area contributed by atoms with E-state index in [0.717, 1.165) is 24.5 Å². The molecule has 1 aromatic rings. The summed E-state index contributed by atoms with van der Waals surface area (Å²) in [6.45, 7) is 10.3. The van der Waals surface area contributed by atoms with Gasteiger partial charge >= 0.3 is 0 Å². The van der Waals surface area contributed by atoms with E-state index < -0.39 is 0 Å². The van der Waals surface area contributed by atoms with Gasteiger partial charge < -0.3 is 19.2 Å². The summed E-state index contributed by atoms with van der Waals surface area (Å²) in [5.74, 6) is 1.82. The van der Waals surface area contributed by atoms with E-state index in [0.29, 0.717) is 19.3 Å². The van der Waals surface area contributed by atoms with Crippen LogP contribution in [0.3, 0.4) is 0 Å². The second-order valence-electron chi connectivity index (χ2n) is 5.67. The van der Waals surface area contributed by atoms with Crippen molar-refractivity contribution in [3.63, 3.8) is 0 Å². The fourth-order valence-electron chi connectivity index (χ4n) is 1.49. The SMILES string of the molecule is COC(C)(C)CCOCc1ccc(CNC(C)C)o1. The summed E-state index contributed by atoms with van der Waals surface area (Å²) in [4.78, 5) is 0. The third kappa shape index (κ3) is 6.76. The maximum Gasteiger partial charge on any atom is 0.129 e. The summed E-state index contributed by atoms with van der Waals surface area (Å²) in [6.07, 6.45) is 0.867. The summed E-state index contributed by atoms with van der Waals surface area (Å²) in [5.41, 5.74) is -0.129. The number of nitrogens with one attached hydrogen (secondary N) is 1. The number of rotatable bonds is 9. The Bertz CT molecular complexity index is 358. The van der Waals surface area contributed by atoms with Crippen molar-refractivity contribution in [1.29, 1.82) is 0 Å². The Labute approximate surface area is 116 Å². The van der Waals surface area contributed by atoms with Crippen LogP contribution >= 0.6 is 0 Å². The van der Waals surface area contributed by atoms with Crippen LogP contribution in [0.5, 0.6) is 0 Å². The summed E-state index contributed by atoms with van der Waals surface area (Å²) >= 11 is 0. The zero-order valence-corrected chi connectivity index (χ0v) is 12.8. The van der Waals surface area contributed by atoms with Crippen LogP contribution in [0.1, 0.15) is 45.6 Å². The molecule has 4 nitrogen and oxygen atoms in total. The highest BCUT2D eigenvalue weighted by Crippen LogP contribution is 2.14. The minimum atomic E-state index is -0.129. The van der Waals surface area contributed by atoms with Gasteiger partial charge in [0.05, 0.1) is 12.1 Å². The molecule has 0 radical (unpaired) electrons. The second-order valence-corrected chi connectivity index (χ2v) is 5.67. The number of hydrogen-bond acceptors (Lipinski definition) is 4. The van der Waals surface area contributed by atoms with Gasteiger partial charge in [0, 0.05) is 19.8 Å². The maximum atomic E-state index is 5.67. The standard InChI is InChI=1S/C15H27NO3/c1-12(2)16-10-13-6-7-14(19-13)11-18-9-8-15(3,4)17-5/h6-7,12,16H,8-11H2,1-5H3. The van der Waals surface area contributed by atoms with Gasteiger partial charge in [-0.05, 0) is 32.4 Å². The van der Waals surface area contributed by atoms with Gasteiger partial charge in [0.2, 0.25) is 0 Å². The Morgan fingerprint density at radius 1 is 1.26 bits per heavy atom. The molecule has 4 heteroatoms. The summed E-state index contributed by atoms with van der Waals surface area (Å²) in [5, 5.41) is 3.32. The Balaban J connectivity index is 2.23. The van der Waals surface area contributed by atoms with Gasteiger partial charge in [-0.15, -0.1) is 0 Å². The lowest BCUT2D eigenvalue weighted by molar-refractivity contribution is -0.0144. The van der Waals surface area contributed by atoms with Gasteiger partial charge in [-0.1, -0.05) is 13.8 Å². The lowest BCUT2D eigenvalue weighted by atomic mass is 10.1.